The van der Waals surface area contributed by atoms with E-state index in [1.54, 1.807) is 0 Å². The van der Waals surface area contributed by atoms with Crippen LogP contribution in [0.5, 0.6) is 0 Å². The maximum Gasteiger partial charge on any atom is 0.128 e. The van der Waals surface area contributed by atoms with Crippen molar-refractivity contribution >= 4 is 5.82 Å². The van der Waals surface area contributed by atoms with Crippen LogP contribution in [-0.2, 0) is 6.54 Å². The molecule has 0 aliphatic carbocycles. The summed E-state index contributed by atoms with van der Waals surface area (Å²) in [5, 5.41) is 3.47. The van der Waals surface area contributed by atoms with E-state index in [1.165, 1.54) is 5.56 Å². The summed E-state index contributed by atoms with van der Waals surface area (Å²) in [6, 6.07) is 5.40. The predicted octanol–water partition coefficient (Wildman–Crippen LogP) is 1.72. The van der Waals surface area contributed by atoms with Gasteiger partial charge in [-0.15, -0.1) is 0 Å². The first kappa shape index (κ1) is 14.3. The van der Waals surface area contributed by atoms with Crippen molar-refractivity contribution in [2.45, 2.75) is 39.4 Å². The summed E-state index contributed by atoms with van der Waals surface area (Å²) in [6.45, 7) is 10.9. The summed E-state index contributed by atoms with van der Waals surface area (Å²) < 4.78 is 0. The second kappa shape index (κ2) is 6.35. The molecule has 1 aliphatic rings. The Morgan fingerprint density at radius 1 is 1.47 bits per heavy atom. The van der Waals surface area contributed by atoms with Crippen LogP contribution in [0.25, 0.3) is 0 Å². The minimum absolute atomic E-state index is 0.479. The van der Waals surface area contributed by atoms with Crippen molar-refractivity contribution in [2.24, 2.45) is 0 Å². The number of anilines is 1. The molecule has 0 saturated carbocycles. The molecule has 0 unspecified atom stereocenters. The molecular formula is C15H26N4. The number of nitrogens with zero attached hydrogens (tertiary/aromatic N) is 3. The molecule has 0 radical (unpaired) electrons. The third-order valence-electron chi connectivity index (χ3n) is 3.80. The monoisotopic (exact) mass is 262 g/mol. The lowest BCUT2D eigenvalue weighted by Crippen LogP contribution is -2.48. The Morgan fingerprint density at radius 2 is 2.26 bits per heavy atom. The lowest BCUT2D eigenvalue weighted by molar-refractivity contribution is 0.199. The van der Waals surface area contributed by atoms with Gasteiger partial charge in [0, 0.05) is 51.5 Å². The van der Waals surface area contributed by atoms with Gasteiger partial charge in [-0.05, 0) is 32.4 Å². The van der Waals surface area contributed by atoms with E-state index in [0.29, 0.717) is 12.1 Å². The summed E-state index contributed by atoms with van der Waals surface area (Å²) in [5.74, 6) is 1.05. The zero-order valence-electron chi connectivity index (χ0n) is 12.6. The van der Waals surface area contributed by atoms with Crippen molar-refractivity contribution in [1.29, 1.82) is 0 Å². The standard InChI is InChI=1S/C15H26N4/c1-12(2)18(4)15-6-5-14(9-17-15)11-19-8-7-16-13(3)10-19/h5-6,9,12-13,16H,7-8,10-11H2,1-4H3/t13-/m1/s1. The average Bonchev–Trinajstić information content (AvgIpc) is 2.39. The minimum atomic E-state index is 0.479. The Hall–Kier alpha value is -1.13. The molecule has 0 spiro atoms. The van der Waals surface area contributed by atoms with Crippen molar-refractivity contribution in [3.05, 3.63) is 23.9 Å². The molecule has 2 rings (SSSR count). The van der Waals surface area contributed by atoms with Crippen LogP contribution >= 0.6 is 0 Å². The van der Waals surface area contributed by atoms with E-state index in [-0.39, 0.29) is 0 Å². The molecule has 1 saturated heterocycles. The molecule has 2 heterocycles. The largest absolute Gasteiger partial charge is 0.357 e. The fourth-order valence-corrected chi connectivity index (χ4v) is 2.40. The minimum Gasteiger partial charge on any atom is -0.357 e. The molecule has 0 amide bonds. The second-order valence-electron chi connectivity index (χ2n) is 5.82. The first-order valence-corrected chi connectivity index (χ1v) is 7.19. The highest BCUT2D eigenvalue weighted by Gasteiger charge is 2.15. The molecule has 1 aliphatic heterocycles. The zero-order valence-corrected chi connectivity index (χ0v) is 12.6. The van der Waals surface area contributed by atoms with Gasteiger partial charge in [0.2, 0.25) is 0 Å². The summed E-state index contributed by atoms with van der Waals surface area (Å²) in [4.78, 5) is 9.25. The second-order valence-corrected chi connectivity index (χ2v) is 5.82. The van der Waals surface area contributed by atoms with Crippen molar-refractivity contribution < 1.29 is 0 Å². The Morgan fingerprint density at radius 3 is 2.84 bits per heavy atom. The van der Waals surface area contributed by atoms with Gasteiger partial charge in [-0.2, -0.15) is 0 Å². The van der Waals surface area contributed by atoms with E-state index < -0.39 is 0 Å². The van der Waals surface area contributed by atoms with Gasteiger partial charge in [-0.3, -0.25) is 4.90 Å². The Kier molecular flexibility index (Phi) is 4.77. The lowest BCUT2D eigenvalue weighted by atomic mass is 10.2. The number of piperazine rings is 1. The number of nitrogens with one attached hydrogen (secondary N) is 1. The summed E-state index contributed by atoms with van der Waals surface area (Å²) in [6.07, 6.45) is 2.01. The summed E-state index contributed by atoms with van der Waals surface area (Å²) >= 11 is 0. The highest BCUT2D eigenvalue weighted by molar-refractivity contribution is 5.39. The van der Waals surface area contributed by atoms with Gasteiger partial charge >= 0.3 is 0 Å². The van der Waals surface area contributed by atoms with E-state index in [2.05, 4.69) is 60.1 Å². The summed E-state index contributed by atoms with van der Waals surface area (Å²) in [7, 11) is 2.09. The number of hydrogen-bond donors (Lipinski definition) is 1. The summed E-state index contributed by atoms with van der Waals surface area (Å²) in [5.41, 5.74) is 1.30. The van der Waals surface area contributed by atoms with Crippen molar-refractivity contribution in [2.75, 3.05) is 31.6 Å². The fourth-order valence-electron chi connectivity index (χ4n) is 2.40. The van der Waals surface area contributed by atoms with Crippen LogP contribution in [0, 0.1) is 0 Å². The highest BCUT2D eigenvalue weighted by atomic mass is 15.2. The quantitative estimate of drug-likeness (QED) is 0.895. The van der Waals surface area contributed by atoms with Crippen molar-refractivity contribution in [3.63, 3.8) is 0 Å². The van der Waals surface area contributed by atoms with E-state index in [1.807, 2.05) is 6.20 Å². The van der Waals surface area contributed by atoms with E-state index in [4.69, 9.17) is 0 Å². The molecule has 1 aromatic rings. The molecule has 1 aromatic heterocycles. The van der Waals surface area contributed by atoms with Crippen LogP contribution in [0.2, 0.25) is 0 Å². The first-order valence-electron chi connectivity index (χ1n) is 7.19. The number of aromatic nitrogens is 1. The third kappa shape index (κ3) is 3.91. The Labute approximate surface area is 116 Å². The van der Waals surface area contributed by atoms with E-state index in [9.17, 15) is 0 Å². The highest BCUT2D eigenvalue weighted by Crippen LogP contribution is 2.14. The van der Waals surface area contributed by atoms with Gasteiger partial charge in [0.25, 0.3) is 0 Å². The molecular weight excluding hydrogens is 236 g/mol. The van der Waals surface area contributed by atoms with Gasteiger partial charge in [0.1, 0.15) is 5.82 Å². The molecule has 0 aromatic carbocycles. The van der Waals surface area contributed by atoms with Crippen LogP contribution in [0.3, 0.4) is 0 Å². The van der Waals surface area contributed by atoms with E-state index >= 15 is 0 Å². The third-order valence-corrected chi connectivity index (χ3v) is 3.80. The van der Waals surface area contributed by atoms with Gasteiger partial charge in [0.15, 0.2) is 0 Å². The molecule has 4 heteroatoms. The van der Waals surface area contributed by atoms with Crippen LogP contribution in [0.15, 0.2) is 18.3 Å². The maximum absolute atomic E-state index is 4.57. The Balaban J connectivity index is 1.95. The van der Waals surface area contributed by atoms with Gasteiger partial charge in [-0.25, -0.2) is 4.98 Å². The molecule has 1 atom stereocenters. The molecule has 1 N–H and O–H groups in total. The number of hydrogen-bond acceptors (Lipinski definition) is 4. The zero-order chi connectivity index (χ0) is 13.8. The maximum atomic E-state index is 4.57. The number of pyridine rings is 1. The normalized spacial score (nSPS) is 20.8. The van der Waals surface area contributed by atoms with Crippen LogP contribution in [0.1, 0.15) is 26.3 Å². The van der Waals surface area contributed by atoms with Crippen LogP contribution in [-0.4, -0.2) is 48.6 Å². The fraction of sp³-hybridized carbons (Fsp3) is 0.667. The molecule has 106 valence electrons. The molecule has 1 fully saturated rings. The topological polar surface area (TPSA) is 31.4 Å². The molecule has 0 bridgehead atoms. The van der Waals surface area contributed by atoms with Crippen molar-refractivity contribution in [3.8, 4) is 0 Å². The van der Waals surface area contributed by atoms with Gasteiger partial charge in [0.05, 0.1) is 0 Å². The van der Waals surface area contributed by atoms with Crippen molar-refractivity contribution in [1.82, 2.24) is 15.2 Å². The van der Waals surface area contributed by atoms with E-state index in [0.717, 1.165) is 32.0 Å². The Bertz CT molecular complexity index is 388. The molecule has 4 nitrogen and oxygen atoms in total. The van der Waals surface area contributed by atoms with Crippen LogP contribution < -0.4 is 10.2 Å². The average molecular weight is 262 g/mol. The lowest BCUT2D eigenvalue weighted by Gasteiger charge is -2.31. The molecule has 19 heavy (non-hydrogen) atoms. The van der Waals surface area contributed by atoms with Gasteiger partial charge in [-0.1, -0.05) is 6.07 Å². The number of rotatable bonds is 4. The predicted molar refractivity (Wildman–Crippen MR) is 80.5 cm³/mol. The SMILES string of the molecule is CC(C)N(C)c1ccc(CN2CCN[C@H](C)C2)cn1. The first-order chi connectivity index (χ1) is 9.06. The smallest absolute Gasteiger partial charge is 0.128 e. The van der Waals surface area contributed by atoms with Gasteiger partial charge < -0.3 is 10.2 Å². The van der Waals surface area contributed by atoms with Crippen LogP contribution in [0.4, 0.5) is 5.82 Å².